The van der Waals surface area contributed by atoms with Crippen LogP contribution in [0.5, 0.6) is 0 Å². The van der Waals surface area contributed by atoms with Crippen LogP contribution in [-0.4, -0.2) is 60.3 Å². The third-order valence-corrected chi connectivity index (χ3v) is 6.19. The molecule has 0 spiro atoms. The number of halogens is 7. The van der Waals surface area contributed by atoms with Crippen LogP contribution in [0.4, 0.5) is 46.0 Å². The number of piperidine rings is 1. The molecule has 1 N–H and O–H groups in total. The van der Waals surface area contributed by atoms with Crippen molar-refractivity contribution in [3.05, 3.63) is 65.0 Å². The molecule has 196 valence electrons. The van der Waals surface area contributed by atoms with Crippen molar-refractivity contribution in [1.82, 2.24) is 9.80 Å². The van der Waals surface area contributed by atoms with Crippen LogP contribution >= 0.6 is 0 Å². The number of alkyl halides is 6. The lowest BCUT2D eigenvalue weighted by molar-refractivity contribution is -0.143. The van der Waals surface area contributed by atoms with Crippen LogP contribution in [0.2, 0.25) is 0 Å². The second-order valence-electron chi connectivity index (χ2n) is 8.46. The minimum atomic E-state index is -5.08. The average molecular weight is 521 g/mol. The highest BCUT2D eigenvalue weighted by molar-refractivity contribution is 5.92. The number of amides is 3. The number of rotatable bonds is 3. The van der Waals surface area contributed by atoms with Gasteiger partial charge in [-0.2, -0.15) is 26.3 Å². The van der Waals surface area contributed by atoms with Gasteiger partial charge in [-0.15, -0.1) is 0 Å². The molecule has 0 aliphatic carbocycles. The number of benzene rings is 2. The minimum Gasteiger partial charge on any atom is -0.465 e. The summed E-state index contributed by atoms with van der Waals surface area (Å²) in [6, 6.07) is 4.50. The minimum absolute atomic E-state index is 0.0300. The third-order valence-electron chi connectivity index (χ3n) is 6.19. The van der Waals surface area contributed by atoms with Crippen LogP contribution in [-0.2, 0) is 12.4 Å². The predicted octanol–water partition coefficient (Wildman–Crippen LogP) is 5.89. The van der Waals surface area contributed by atoms with E-state index in [-0.39, 0.29) is 25.6 Å². The molecule has 0 aromatic heterocycles. The van der Waals surface area contributed by atoms with Gasteiger partial charge in [-0.3, -0.25) is 4.90 Å². The number of carbonyl (C=O) groups excluding carboxylic acids is 1. The number of urea groups is 1. The average Bonchev–Trinajstić information content (AvgIpc) is 2.81. The first kappa shape index (κ1) is 27.1. The molecule has 3 rings (SSSR count). The lowest BCUT2D eigenvalue weighted by Crippen LogP contribution is -2.54. The fraction of sp³-hybridized carbons (Fsp3) is 0.391. The Morgan fingerprint density at radius 3 is 1.94 bits per heavy atom. The molecular formula is C23H22F7N3O3. The second-order valence-corrected chi connectivity index (χ2v) is 8.46. The Kier molecular flexibility index (Phi) is 7.42. The van der Waals surface area contributed by atoms with Crippen LogP contribution < -0.4 is 4.90 Å². The van der Waals surface area contributed by atoms with E-state index in [1.54, 1.807) is 0 Å². The predicted molar refractivity (Wildman–Crippen MR) is 115 cm³/mol. The van der Waals surface area contributed by atoms with Crippen molar-refractivity contribution in [3.8, 4) is 0 Å². The van der Waals surface area contributed by atoms with E-state index >= 15 is 0 Å². The zero-order valence-corrected chi connectivity index (χ0v) is 19.1. The van der Waals surface area contributed by atoms with Crippen molar-refractivity contribution in [1.29, 1.82) is 0 Å². The van der Waals surface area contributed by atoms with E-state index in [9.17, 15) is 45.4 Å². The second kappa shape index (κ2) is 9.86. The molecule has 0 radical (unpaired) electrons. The Bertz CT molecular complexity index is 1090. The number of likely N-dealkylation sites (N-methyl/N-ethyl adjacent to an activating group) is 1. The first-order valence-corrected chi connectivity index (χ1v) is 10.6. The summed E-state index contributed by atoms with van der Waals surface area (Å²) in [7, 11) is 2.38. The normalized spacial score (nSPS) is 18.6. The maximum atomic E-state index is 13.4. The molecule has 2 atom stereocenters. The van der Waals surface area contributed by atoms with Crippen molar-refractivity contribution in [2.75, 3.05) is 32.1 Å². The van der Waals surface area contributed by atoms with Gasteiger partial charge < -0.3 is 14.9 Å². The maximum absolute atomic E-state index is 13.4. The van der Waals surface area contributed by atoms with Crippen LogP contribution in [0.1, 0.15) is 29.0 Å². The smallest absolute Gasteiger partial charge is 0.416 e. The fourth-order valence-corrected chi connectivity index (χ4v) is 4.24. The Labute approximate surface area is 201 Å². The number of likely N-dealkylation sites (tertiary alicyclic amines) is 1. The SMILES string of the molecule is CN(C(=O)N(C)[C@H]1CCN(C(=O)O)C[C@H]1c1ccc(F)cc1)c1cc(C(F)(F)F)cc(C(F)(F)F)c1. The molecular weight excluding hydrogens is 499 g/mol. The van der Waals surface area contributed by atoms with Gasteiger partial charge in [-0.05, 0) is 42.3 Å². The number of hydrogen-bond acceptors (Lipinski definition) is 2. The lowest BCUT2D eigenvalue weighted by atomic mass is 9.85. The third kappa shape index (κ3) is 5.82. The Morgan fingerprint density at radius 1 is 0.944 bits per heavy atom. The van der Waals surface area contributed by atoms with Crippen molar-refractivity contribution in [2.24, 2.45) is 0 Å². The van der Waals surface area contributed by atoms with E-state index in [4.69, 9.17) is 0 Å². The molecule has 2 aromatic carbocycles. The van der Waals surface area contributed by atoms with E-state index in [0.717, 1.165) is 16.8 Å². The fourth-order valence-electron chi connectivity index (χ4n) is 4.24. The first-order chi connectivity index (χ1) is 16.6. The number of nitrogens with zero attached hydrogens (tertiary/aromatic N) is 3. The van der Waals surface area contributed by atoms with Crippen LogP contribution in [0.15, 0.2) is 42.5 Å². The van der Waals surface area contributed by atoms with Gasteiger partial charge in [0.1, 0.15) is 5.82 Å². The number of carbonyl (C=O) groups is 2. The van der Waals surface area contributed by atoms with Crippen LogP contribution in [0.25, 0.3) is 0 Å². The van der Waals surface area contributed by atoms with Gasteiger partial charge >= 0.3 is 24.5 Å². The lowest BCUT2D eigenvalue weighted by Gasteiger charge is -2.43. The molecule has 0 bridgehead atoms. The van der Waals surface area contributed by atoms with E-state index in [2.05, 4.69) is 0 Å². The summed E-state index contributed by atoms with van der Waals surface area (Å²) in [5, 5.41) is 9.39. The van der Waals surface area contributed by atoms with E-state index < -0.39 is 59.1 Å². The summed E-state index contributed by atoms with van der Waals surface area (Å²) >= 11 is 0. The highest BCUT2D eigenvalue weighted by atomic mass is 19.4. The molecule has 36 heavy (non-hydrogen) atoms. The summed E-state index contributed by atoms with van der Waals surface area (Å²) in [5.41, 5.74) is -3.22. The quantitative estimate of drug-likeness (QED) is 0.513. The largest absolute Gasteiger partial charge is 0.465 e. The van der Waals surface area contributed by atoms with Gasteiger partial charge in [-0.25, -0.2) is 14.0 Å². The number of anilines is 1. The molecule has 1 heterocycles. The highest BCUT2D eigenvalue weighted by Gasteiger charge is 2.40. The highest BCUT2D eigenvalue weighted by Crippen LogP contribution is 2.39. The van der Waals surface area contributed by atoms with Gasteiger partial charge in [0.2, 0.25) is 0 Å². The van der Waals surface area contributed by atoms with E-state index in [0.29, 0.717) is 22.6 Å². The van der Waals surface area contributed by atoms with Gasteiger partial charge in [0.05, 0.1) is 11.1 Å². The monoisotopic (exact) mass is 521 g/mol. The molecule has 0 unspecified atom stereocenters. The Hall–Kier alpha value is -3.51. The first-order valence-electron chi connectivity index (χ1n) is 10.6. The summed E-state index contributed by atoms with van der Waals surface area (Å²) in [5.74, 6) is -1.15. The van der Waals surface area contributed by atoms with E-state index in [1.165, 1.54) is 31.3 Å². The Morgan fingerprint density at radius 2 is 1.47 bits per heavy atom. The number of hydrogen-bond donors (Lipinski definition) is 1. The van der Waals surface area contributed by atoms with Crippen molar-refractivity contribution < 1.29 is 45.4 Å². The van der Waals surface area contributed by atoms with Crippen molar-refractivity contribution in [3.63, 3.8) is 0 Å². The standard InChI is InChI=1S/C23H22F7N3O3/c1-31(17-10-14(22(25,26)27)9-15(11-17)23(28,29)30)20(34)32(2)19-7-8-33(21(35)36)12-18(19)13-3-5-16(24)6-4-13/h3-6,9-11,18-19H,7-8,12H2,1-2H3,(H,35,36)/t18-,19-/m0/s1. The number of carboxylic acid groups (broad SMARTS) is 1. The van der Waals surface area contributed by atoms with E-state index in [1.807, 2.05) is 0 Å². The maximum Gasteiger partial charge on any atom is 0.416 e. The van der Waals surface area contributed by atoms with Crippen LogP contribution in [0.3, 0.4) is 0 Å². The van der Waals surface area contributed by atoms with Crippen LogP contribution in [0, 0.1) is 5.82 Å². The van der Waals surface area contributed by atoms with Crippen molar-refractivity contribution >= 4 is 17.8 Å². The molecule has 0 saturated carbocycles. The van der Waals surface area contributed by atoms with Gasteiger partial charge in [0.15, 0.2) is 0 Å². The molecule has 1 aliphatic rings. The molecule has 6 nitrogen and oxygen atoms in total. The summed E-state index contributed by atoms with van der Waals surface area (Å²) < 4.78 is 93.0. The van der Waals surface area contributed by atoms with Crippen molar-refractivity contribution in [2.45, 2.75) is 30.7 Å². The molecule has 1 fully saturated rings. The summed E-state index contributed by atoms with van der Waals surface area (Å²) in [6.07, 6.45) is -11.2. The molecule has 1 aliphatic heterocycles. The van der Waals surface area contributed by atoms with Gasteiger partial charge in [0.25, 0.3) is 0 Å². The summed E-state index contributed by atoms with van der Waals surface area (Å²) in [4.78, 5) is 27.7. The molecule has 1 saturated heterocycles. The molecule has 2 aromatic rings. The molecule has 13 heteroatoms. The topological polar surface area (TPSA) is 64.1 Å². The Balaban J connectivity index is 1.95. The summed E-state index contributed by atoms with van der Waals surface area (Å²) in [6.45, 7) is -0.00441. The van der Waals surface area contributed by atoms with Gasteiger partial charge in [0, 0.05) is 44.8 Å². The van der Waals surface area contributed by atoms with Gasteiger partial charge in [-0.1, -0.05) is 12.1 Å². The molecule has 3 amide bonds. The zero-order valence-electron chi connectivity index (χ0n) is 19.1. The zero-order chi connectivity index (χ0) is 27.0.